The van der Waals surface area contributed by atoms with Gasteiger partial charge in [0.2, 0.25) is 0 Å². The zero-order valence-corrected chi connectivity index (χ0v) is 19.6. The van der Waals surface area contributed by atoms with Crippen LogP contribution in [-0.4, -0.2) is 42.7 Å². The molecule has 3 rings (SSSR count). The SMILES string of the molecule is Cc1ccnc(-c2ccc(OCc3c(N(N)C(=O)N(C)N)cccc3S(C)(=O)=O)c(C)c2)n1. The lowest BCUT2D eigenvalue weighted by Gasteiger charge is -2.24. The Hall–Kier alpha value is -3.54. The van der Waals surface area contributed by atoms with E-state index in [0.29, 0.717) is 11.6 Å². The second-order valence-electron chi connectivity index (χ2n) is 7.58. The topological polar surface area (TPSA) is 145 Å². The van der Waals surface area contributed by atoms with E-state index < -0.39 is 15.9 Å². The normalized spacial score (nSPS) is 11.2. The molecule has 0 bridgehead atoms. The molecule has 174 valence electrons. The van der Waals surface area contributed by atoms with E-state index in [1.54, 1.807) is 12.3 Å². The van der Waals surface area contributed by atoms with E-state index in [-0.39, 0.29) is 22.8 Å². The quantitative estimate of drug-likeness (QED) is 0.317. The van der Waals surface area contributed by atoms with Gasteiger partial charge in [-0.05, 0) is 55.8 Å². The highest BCUT2D eigenvalue weighted by Gasteiger charge is 2.23. The zero-order valence-electron chi connectivity index (χ0n) is 18.8. The van der Waals surface area contributed by atoms with Crippen molar-refractivity contribution in [2.45, 2.75) is 25.3 Å². The molecule has 0 atom stereocenters. The summed E-state index contributed by atoms with van der Waals surface area (Å²) in [4.78, 5) is 21.0. The van der Waals surface area contributed by atoms with E-state index in [9.17, 15) is 13.2 Å². The third-order valence-corrected chi connectivity index (χ3v) is 6.06. The van der Waals surface area contributed by atoms with Crippen LogP contribution in [0.4, 0.5) is 10.5 Å². The number of nitrogens with zero attached hydrogens (tertiary/aromatic N) is 4. The maximum Gasteiger partial charge on any atom is 0.352 e. The highest BCUT2D eigenvalue weighted by Crippen LogP contribution is 2.30. The Morgan fingerprint density at radius 3 is 2.45 bits per heavy atom. The van der Waals surface area contributed by atoms with Crippen LogP contribution in [-0.2, 0) is 16.4 Å². The molecular weight excluding hydrogens is 444 g/mol. The number of aromatic nitrogens is 2. The number of anilines is 1. The van der Waals surface area contributed by atoms with Crippen molar-refractivity contribution >= 4 is 21.6 Å². The number of nitrogens with two attached hydrogens (primary N) is 2. The fourth-order valence-corrected chi connectivity index (χ4v) is 4.17. The maximum atomic E-state index is 12.4. The zero-order chi connectivity index (χ0) is 24.3. The highest BCUT2D eigenvalue weighted by atomic mass is 32.2. The predicted octanol–water partition coefficient (Wildman–Crippen LogP) is 2.35. The van der Waals surface area contributed by atoms with Gasteiger partial charge in [-0.3, -0.25) is 5.01 Å². The minimum atomic E-state index is -3.63. The van der Waals surface area contributed by atoms with Crippen molar-refractivity contribution in [1.82, 2.24) is 15.0 Å². The van der Waals surface area contributed by atoms with Gasteiger partial charge in [0.25, 0.3) is 0 Å². The van der Waals surface area contributed by atoms with Gasteiger partial charge in [-0.2, -0.15) is 0 Å². The number of hydrogen-bond donors (Lipinski definition) is 2. The second kappa shape index (κ2) is 9.53. The highest BCUT2D eigenvalue weighted by molar-refractivity contribution is 7.90. The van der Waals surface area contributed by atoms with Crippen LogP contribution in [0.1, 0.15) is 16.8 Å². The van der Waals surface area contributed by atoms with Crippen molar-refractivity contribution in [2.75, 3.05) is 18.3 Å². The minimum Gasteiger partial charge on any atom is -0.489 e. The van der Waals surface area contributed by atoms with Crippen molar-refractivity contribution < 1.29 is 17.9 Å². The summed E-state index contributed by atoms with van der Waals surface area (Å²) >= 11 is 0. The third-order valence-electron chi connectivity index (χ3n) is 4.88. The summed E-state index contributed by atoms with van der Waals surface area (Å²) in [5, 5.41) is 1.59. The van der Waals surface area contributed by atoms with Gasteiger partial charge in [0.05, 0.1) is 10.6 Å². The molecule has 0 fully saturated rings. The van der Waals surface area contributed by atoms with Crippen molar-refractivity contribution in [2.24, 2.45) is 11.7 Å². The van der Waals surface area contributed by atoms with Crippen molar-refractivity contribution in [3.05, 3.63) is 65.5 Å². The van der Waals surface area contributed by atoms with E-state index in [2.05, 4.69) is 9.97 Å². The van der Waals surface area contributed by atoms with Crippen molar-refractivity contribution in [3.8, 4) is 17.1 Å². The van der Waals surface area contributed by atoms with Gasteiger partial charge in [0.1, 0.15) is 12.4 Å². The summed E-state index contributed by atoms with van der Waals surface area (Å²) in [5.41, 5.74) is 2.89. The molecule has 2 amide bonds. The second-order valence-corrected chi connectivity index (χ2v) is 9.56. The number of hydrogen-bond acceptors (Lipinski definition) is 8. The van der Waals surface area contributed by atoms with Crippen LogP contribution in [0.3, 0.4) is 0 Å². The summed E-state index contributed by atoms with van der Waals surface area (Å²) in [6.45, 7) is 3.61. The number of aryl methyl sites for hydroxylation is 2. The first-order valence-corrected chi connectivity index (χ1v) is 11.8. The van der Waals surface area contributed by atoms with Crippen LogP contribution in [0.2, 0.25) is 0 Å². The average molecular weight is 471 g/mol. The molecule has 3 aromatic rings. The largest absolute Gasteiger partial charge is 0.489 e. The molecule has 1 heterocycles. The Labute approximate surface area is 192 Å². The van der Waals surface area contributed by atoms with Gasteiger partial charge in [-0.25, -0.2) is 39.9 Å². The van der Waals surface area contributed by atoms with Crippen LogP contribution in [0, 0.1) is 13.8 Å². The van der Waals surface area contributed by atoms with Gasteiger partial charge in [-0.1, -0.05) is 6.07 Å². The molecule has 4 N–H and O–H groups in total. The standard InChI is InChI=1S/C22H26N6O4S/c1-14-12-16(21-25-11-10-15(2)26-21)8-9-19(14)32-13-17-18(28(24)22(29)27(3)23)6-5-7-20(17)33(4,30)31/h5-12H,13,23-24H2,1-4H3. The Morgan fingerprint density at radius 2 is 1.85 bits per heavy atom. The molecule has 0 aliphatic rings. The first-order valence-electron chi connectivity index (χ1n) is 9.91. The molecular formula is C22H26N6O4S. The lowest BCUT2D eigenvalue weighted by molar-refractivity contribution is 0.216. The number of benzene rings is 2. The first kappa shape index (κ1) is 24.1. The number of carbonyl (C=O) groups is 1. The monoisotopic (exact) mass is 470 g/mol. The number of carbonyl (C=O) groups excluding carboxylic acids is 1. The lowest BCUT2D eigenvalue weighted by Crippen LogP contribution is -2.49. The first-order chi connectivity index (χ1) is 15.5. The number of rotatable bonds is 6. The van der Waals surface area contributed by atoms with E-state index in [0.717, 1.165) is 33.1 Å². The van der Waals surface area contributed by atoms with E-state index in [1.807, 2.05) is 32.0 Å². The third kappa shape index (κ3) is 5.45. The molecule has 33 heavy (non-hydrogen) atoms. The number of sulfone groups is 1. The number of urea groups is 1. The Kier molecular flexibility index (Phi) is 6.96. The fraction of sp³-hybridized carbons (Fsp3) is 0.227. The molecule has 0 unspecified atom stereocenters. The van der Waals surface area contributed by atoms with Gasteiger partial charge in [-0.15, -0.1) is 0 Å². The molecule has 0 saturated carbocycles. The van der Waals surface area contributed by atoms with Crippen LogP contribution < -0.4 is 21.4 Å². The van der Waals surface area contributed by atoms with E-state index in [4.69, 9.17) is 16.4 Å². The summed E-state index contributed by atoms with van der Waals surface area (Å²) < 4.78 is 30.7. The summed E-state index contributed by atoms with van der Waals surface area (Å²) in [6.07, 6.45) is 2.77. The molecule has 10 nitrogen and oxygen atoms in total. The van der Waals surface area contributed by atoms with Gasteiger partial charge in [0, 0.05) is 36.3 Å². The van der Waals surface area contributed by atoms with E-state index >= 15 is 0 Å². The van der Waals surface area contributed by atoms with Crippen LogP contribution >= 0.6 is 0 Å². The number of hydrazine groups is 2. The van der Waals surface area contributed by atoms with Crippen LogP contribution in [0.5, 0.6) is 5.75 Å². The number of ether oxygens (including phenoxy) is 1. The van der Waals surface area contributed by atoms with E-state index in [1.165, 1.54) is 25.2 Å². The van der Waals surface area contributed by atoms with Crippen LogP contribution in [0.25, 0.3) is 11.4 Å². The van der Waals surface area contributed by atoms with Gasteiger partial charge >= 0.3 is 6.03 Å². The number of amides is 2. The molecule has 0 saturated heterocycles. The smallest absolute Gasteiger partial charge is 0.352 e. The van der Waals surface area contributed by atoms with Gasteiger partial charge < -0.3 is 4.74 Å². The molecule has 1 aromatic heterocycles. The Balaban J connectivity index is 1.95. The van der Waals surface area contributed by atoms with Crippen LogP contribution in [0.15, 0.2) is 53.6 Å². The molecule has 0 aliphatic heterocycles. The summed E-state index contributed by atoms with van der Waals surface area (Å²) in [6, 6.07) is 11.0. The molecule has 11 heteroatoms. The Bertz CT molecular complexity index is 1290. The molecule has 0 aliphatic carbocycles. The average Bonchev–Trinajstić information content (AvgIpc) is 2.76. The van der Waals surface area contributed by atoms with Crippen molar-refractivity contribution in [3.63, 3.8) is 0 Å². The maximum absolute atomic E-state index is 12.4. The predicted molar refractivity (Wildman–Crippen MR) is 125 cm³/mol. The van der Waals surface area contributed by atoms with Crippen molar-refractivity contribution in [1.29, 1.82) is 0 Å². The Morgan fingerprint density at radius 1 is 1.12 bits per heavy atom. The molecule has 0 spiro atoms. The molecule has 2 aromatic carbocycles. The lowest BCUT2D eigenvalue weighted by atomic mass is 10.1. The summed E-state index contributed by atoms with van der Waals surface area (Å²) in [7, 11) is -2.30. The fourth-order valence-electron chi connectivity index (χ4n) is 3.23. The van der Waals surface area contributed by atoms with Gasteiger partial charge in [0.15, 0.2) is 15.7 Å². The summed E-state index contributed by atoms with van der Waals surface area (Å²) in [5.74, 6) is 12.6. The minimum absolute atomic E-state index is 0.00496. The molecule has 0 radical (unpaired) electrons.